The molecule has 0 saturated heterocycles. The average Bonchev–Trinajstić information content (AvgIpc) is 2.87. The Bertz CT molecular complexity index is 968. The van der Waals surface area contributed by atoms with E-state index >= 15 is 0 Å². The Morgan fingerprint density at radius 1 is 1.06 bits per heavy atom. The summed E-state index contributed by atoms with van der Waals surface area (Å²) in [5.74, 6) is 1.45. The highest BCUT2D eigenvalue weighted by Gasteiger charge is 2.46. The lowest BCUT2D eigenvalue weighted by Crippen LogP contribution is -2.54. The molecular formula is C28H38N2O4. The number of likely N-dealkylation sites (N-methyl/N-ethyl adjacent to an activating group) is 1. The van der Waals surface area contributed by atoms with E-state index < -0.39 is 0 Å². The second-order valence-corrected chi connectivity index (χ2v) is 9.80. The Labute approximate surface area is 203 Å². The average molecular weight is 467 g/mol. The van der Waals surface area contributed by atoms with Gasteiger partial charge in [0.15, 0.2) is 11.5 Å². The molecular weight excluding hydrogens is 428 g/mol. The van der Waals surface area contributed by atoms with Gasteiger partial charge in [-0.2, -0.15) is 0 Å². The van der Waals surface area contributed by atoms with Gasteiger partial charge in [0.1, 0.15) is 6.61 Å². The molecule has 1 aliphatic heterocycles. The largest absolute Gasteiger partial charge is 0.493 e. The predicted octanol–water partition coefficient (Wildman–Crippen LogP) is 4.25. The van der Waals surface area contributed by atoms with Gasteiger partial charge in [-0.3, -0.25) is 9.69 Å². The third-order valence-electron chi connectivity index (χ3n) is 7.55. The number of benzene rings is 2. The van der Waals surface area contributed by atoms with E-state index in [2.05, 4.69) is 36.0 Å². The summed E-state index contributed by atoms with van der Waals surface area (Å²) >= 11 is 0. The van der Waals surface area contributed by atoms with Crippen LogP contribution in [0.1, 0.15) is 42.4 Å². The van der Waals surface area contributed by atoms with Gasteiger partial charge < -0.3 is 19.1 Å². The molecule has 1 fully saturated rings. The number of ether oxygens (including phenoxy) is 3. The number of hydrogen-bond donors (Lipinski definition) is 0. The van der Waals surface area contributed by atoms with E-state index in [1.54, 1.807) is 14.2 Å². The smallest absolute Gasteiger partial charge is 0.309 e. The Hall–Kier alpha value is -2.57. The van der Waals surface area contributed by atoms with Gasteiger partial charge in [0, 0.05) is 25.2 Å². The maximum atomic E-state index is 12.9. The van der Waals surface area contributed by atoms with Crippen LogP contribution in [0.15, 0.2) is 42.5 Å². The number of carbonyl (C=O) groups excluding carboxylic acids is 1. The van der Waals surface area contributed by atoms with Crippen molar-refractivity contribution in [3.63, 3.8) is 0 Å². The summed E-state index contributed by atoms with van der Waals surface area (Å²) in [4.78, 5) is 17.8. The van der Waals surface area contributed by atoms with Crippen LogP contribution >= 0.6 is 0 Å². The van der Waals surface area contributed by atoms with Crippen molar-refractivity contribution in [1.29, 1.82) is 0 Å². The standard InChI is InChI=1S/C28H38N2O4/c1-29(2)16-17-30-15-12-23-18-25(32-3)26(33-4)19-24(23)28(30)13-10-22(11-14-28)27(31)34-20-21-8-6-5-7-9-21/h5-9,18-19,22H,10-17,20H2,1-4H3/t22-,28+. The number of rotatable bonds is 8. The Morgan fingerprint density at radius 3 is 2.38 bits per heavy atom. The molecule has 0 unspecified atom stereocenters. The van der Waals surface area contributed by atoms with E-state index in [-0.39, 0.29) is 17.4 Å². The lowest BCUT2D eigenvalue weighted by atomic mass is 9.68. The van der Waals surface area contributed by atoms with E-state index in [9.17, 15) is 4.79 Å². The molecule has 34 heavy (non-hydrogen) atoms. The van der Waals surface area contributed by atoms with Crippen molar-refractivity contribution in [2.45, 2.75) is 44.2 Å². The van der Waals surface area contributed by atoms with Crippen LogP contribution in [-0.2, 0) is 28.1 Å². The minimum Gasteiger partial charge on any atom is -0.493 e. The van der Waals surface area contributed by atoms with Gasteiger partial charge in [0.2, 0.25) is 0 Å². The maximum absolute atomic E-state index is 12.9. The molecule has 0 aromatic heterocycles. The summed E-state index contributed by atoms with van der Waals surface area (Å²) in [5, 5.41) is 0. The summed E-state index contributed by atoms with van der Waals surface area (Å²) in [6.45, 7) is 3.37. The molecule has 1 heterocycles. The van der Waals surface area contributed by atoms with Crippen LogP contribution in [0, 0.1) is 5.92 Å². The first-order valence-electron chi connectivity index (χ1n) is 12.3. The topological polar surface area (TPSA) is 51.2 Å². The van der Waals surface area contributed by atoms with Gasteiger partial charge in [-0.15, -0.1) is 0 Å². The summed E-state index contributed by atoms with van der Waals surface area (Å²) in [6.07, 6.45) is 4.54. The molecule has 4 rings (SSSR count). The molecule has 1 spiro atoms. The molecule has 6 nitrogen and oxygen atoms in total. The maximum Gasteiger partial charge on any atom is 0.309 e. The highest BCUT2D eigenvalue weighted by Crippen LogP contribution is 2.50. The number of esters is 1. The predicted molar refractivity (Wildman–Crippen MR) is 133 cm³/mol. The third kappa shape index (κ3) is 5.08. The van der Waals surface area contributed by atoms with E-state index in [0.29, 0.717) is 6.61 Å². The Kier molecular flexibility index (Phi) is 7.79. The molecule has 1 aliphatic carbocycles. The zero-order valence-electron chi connectivity index (χ0n) is 21.0. The van der Waals surface area contributed by atoms with Crippen LogP contribution in [0.25, 0.3) is 0 Å². The number of methoxy groups -OCH3 is 2. The first-order valence-corrected chi connectivity index (χ1v) is 12.3. The Morgan fingerprint density at radius 2 is 1.74 bits per heavy atom. The van der Waals surface area contributed by atoms with Gasteiger partial charge in [-0.1, -0.05) is 30.3 Å². The lowest BCUT2D eigenvalue weighted by molar-refractivity contribution is -0.152. The zero-order chi connectivity index (χ0) is 24.1. The molecule has 0 radical (unpaired) electrons. The van der Waals surface area contributed by atoms with Crippen LogP contribution in [0.2, 0.25) is 0 Å². The molecule has 0 bridgehead atoms. The number of carbonyl (C=O) groups is 1. The molecule has 2 aliphatic rings. The fourth-order valence-corrected chi connectivity index (χ4v) is 5.61. The fourth-order valence-electron chi connectivity index (χ4n) is 5.61. The minimum absolute atomic E-state index is 0.0458. The van der Waals surface area contributed by atoms with Crippen LogP contribution in [-0.4, -0.2) is 63.7 Å². The fraction of sp³-hybridized carbons (Fsp3) is 0.536. The highest BCUT2D eigenvalue weighted by molar-refractivity contribution is 5.72. The van der Waals surface area contributed by atoms with Crippen molar-refractivity contribution < 1.29 is 19.0 Å². The minimum atomic E-state index is -0.0840. The molecule has 6 heteroatoms. The van der Waals surface area contributed by atoms with Gasteiger partial charge in [-0.25, -0.2) is 0 Å². The molecule has 0 N–H and O–H groups in total. The zero-order valence-corrected chi connectivity index (χ0v) is 21.0. The summed E-state index contributed by atoms with van der Waals surface area (Å²) in [5.41, 5.74) is 3.62. The second-order valence-electron chi connectivity index (χ2n) is 9.80. The van der Waals surface area contributed by atoms with Crippen molar-refractivity contribution in [2.24, 2.45) is 5.92 Å². The van der Waals surface area contributed by atoms with Gasteiger partial charge >= 0.3 is 5.97 Å². The molecule has 2 aromatic rings. The van der Waals surface area contributed by atoms with Crippen molar-refractivity contribution in [3.05, 3.63) is 59.2 Å². The Balaban J connectivity index is 1.54. The van der Waals surface area contributed by atoms with Crippen molar-refractivity contribution >= 4 is 5.97 Å². The van der Waals surface area contributed by atoms with E-state index in [4.69, 9.17) is 14.2 Å². The molecule has 184 valence electrons. The monoisotopic (exact) mass is 466 g/mol. The van der Waals surface area contributed by atoms with E-state index in [1.165, 1.54) is 11.1 Å². The van der Waals surface area contributed by atoms with Gasteiger partial charge in [-0.05, 0) is 75.0 Å². The van der Waals surface area contributed by atoms with E-state index in [0.717, 1.165) is 68.8 Å². The van der Waals surface area contributed by atoms with Crippen LogP contribution in [0.5, 0.6) is 11.5 Å². The lowest BCUT2D eigenvalue weighted by Gasteiger charge is -2.52. The van der Waals surface area contributed by atoms with Gasteiger partial charge in [0.25, 0.3) is 0 Å². The van der Waals surface area contributed by atoms with E-state index in [1.807, 2.05) is 30.3 Å². The first kappa shape index (κ1) is 24.6. The SMILES string of the molecule is COc1cc2c(cc1OC)[C@]1(CC[C@H](C(=O)OCc3ccccc3)CC1)N(CCN(C)C)CC2. The van der Waals surface area contributed by atoms with Crippen LogP contribution in [0.4, 0.5) is 0 Å². The summed E-state index contributed by atoms with van der Waals surface area (Å²) in [7, 11) is 7.64. The normalized spacial score (nSPS) is 22.4. The third-order valence-corrected chi connectivity index (χ3v) is 7.55. The molecule has 2 aromatic carbocycles. The van der Waals surface area contributed by atoms with Crippen LogP contribution < -0.4 is 9.47 Å². The highest BCUT2D eigenvalue weighted by atomic mass is 16.5. The molecule has 0 atom stereocenters. The van der Waals surface area contributed by atoms with Crippen molar-refractivity contribution in [2.75, 3.05) is 47.9 Å². The summed E-state index contributed by atoms with van der Waals surface area (Å²) < 4.78 is 17.0. The van der Waals surface area contributed by atoms with Crippen molar-refractivity contribution in [1.82, 2.24) is 9.80 Å². The van der Waals surface area contributed by atoms with Crippen molar-refractivity contribution in [3.8, 4) is 11.5 Å². The summed E-state index contributed by atoms with van der Waals surface area (Å²) in [6, 6.07) is 14.2. The quantitative estimate of drug-likeness (QED) is 0.542. The number of nitrogens with zero attached hydrogens (tertiary/aromatic N) is 2. The molecule has 1 saturated carbocycles. The van der Waals surface area contributed by atoms with Gasteiger partial charge in [0.05, 0.1) is 20.1 Å². The van der Waals surface area contributed by atoms with Crippen LogP contribution in [0.3, 0.4) is 0 Å². The second kappa shape index (κ2) is 10.8. The molecule has 0 amide bonds. The first-order chi connectivity index (χ1) is 16.5. The number of fused-ring (bicyclic) bond motifs is 2. The number of hydrogen-bond acceptors (Lipinski definition) is 6.